The summed E-state index contributed by atoms with van der Waals surface area (Å²) in [6.45, 7) is 4.13. The molecule has 0 spiro atoms. The Hall–Kier alpha value is -1.51. The summed E-state index contributed by atoms with van der Waals surface area (Å²) < 4.78 is 0. The van der Waals surface area contributed by atoms with Crippen LogP contribution in [0.2, 0.25) is 5.02 Å². The second-order valence-corrected chi connectivity index (χ2v) is 5.79. The van der Waals surface area contributed by atoms with E-state index in [0.717, 1.165) is 22.7 Å². The number of hydrogen-bond donors (Lipinski definition) is 1. The van der Waals surface area contributed by atoms with E-state index in [-0.39, 0.29) is 12.1 Å². The Morgan fingerprint density at radius 3 is 2.33 bits per heavy atom. The van der Waals surface area contributed by atoms with Crippen LogP contribution in [0.3, 0.4) is 0 Å². The maximum atomic E-state index is 9.85. The highest BCUT2D eigenvalue weighted by Crippen LogP contribution is 2.28. The maximum absolute atomic E-state index is 9.85. The van der Waals surface area contributed by atoms with Gasteiger partial charge in [-0.1, -0.05) is 42.8 Å². The lowest BCUT2D eigenvalue weighted by molar-refractivity contribution is 0.173. The zero-order valence-electron chi connectivity index (χ0n) is 12.8. The minimum atomic E-state index is -0.380. The van der Waals surface area contributed by atoms with Crippen LogP contribution in [0.4, 0.5) is 5.69 Å². The molecule has 0 aliphatic rings. The topological polar surface area (TPSA) is 23.5 Å². The second kappa shape index (κ2) is 6.97. The Balaban J connectivity index is 2.17. The van der Waals surface area contributed by atoms with Crippen molar-refractivity contribution in [3.8, 4) is 0 Å². The number of nitrogens with zero attached hydrogens (tertiary/aromatic N) is 1. The van der Waals surface area contributed by atoms with E-state index in [4.69, 9.17) is 11.6 Å². The summed E-state index contributed by atoms with van der Waals surface area (Å²) in [5, 5.41) is 10.6. The van der Waals surface area contributed by atoms with E-state index < -0.39 is 0 Å². The van der Waals surface area contributed by atoms with Crippen molar-refractivity contribution in [2.45, 2.75) is 32.4 Å². The average Bonchev–Trinajstić information content (AvgIpc) is 2.53. The van der Waals surface area contributed by atoms with Gasteiger partial charge in [0.1, 0.15) is 0 Å². The third-order valence-electron chi connectivity index (χ3n) is 3.98. The van der Waals surface area contributed by atoms with Crippen LogP contribution in [-0.2, 0) is 0 Å². The Bertz CT molecular complexity index is 582. The molecule has 2 aromatic carbocycles. The van der Waals surface area contributed by atoms with Gasteiger partial charge in [-0.05, 0) is 48.7 Å². The van der Waals surface area contributed by atoms with E-state index in [9.17, 15) is 5.11 Å². The van der Waals surface area contributed by atoms with Crippen molar-refractivity contribution in [1.29, 1.82) is 0 Å². The van der Waals surface area contributed by atoms with Gasteiger partial charge in [0.2, 0.25) is 0 Å². The molecule has 0 bridgehead atoms. The molecule has 1 N–H and O–H groups in total. The predicted octanol–water partition coefficient (Wildman–Crippen LogP) is 4.98. The minimum absolute atomic E-state index is 0.227. The molecular weight excluding hydrogens is 282 g/mol. The number of hydrogen-bond acceptors (Lipinski definition) is 2. The first kappa shape index (κ1) is 15.9. The van der Waals surface area contributed by atoms with Crippen molar-refractivity contribution < 1.29 is 5.11 Å². The molecule has 0 saturated carbocycles. The van der Waals surface area contributed by atoms with E-state index in [2.05, 4.69) is 37.1 Å². The van der Waals surface area contributed by atoms with E-state index in [1.165, 1.54) is 5.56 Å². The molecule has 0 amide bonds. The Kier molecular flexibility index (Phi) is 5.27. The molecule has 3 heteroatoms. The number of aliphatic hydroxyl groups is 1. The largest absolute Gasteiger partial charge is 0.388 e. The molecule has 2 nitrogen and oxygen atoms in total. The number of anilines is 1. The lowest BCUT2D eigenvalue weighted by Gasteiger charge is -2.28. The van der Waals surface area contributed by atoms with Crippen LogP contribution in [-0.4, -0.2) is 12.2 Å². The third kappa shape index (κ3) is 3.78. The smallest absolute Gasteiger partial charge is 0.0787 e. The summed E-state index contributed by atoms with van der Waals surface area (Å²) in [5.74, 6) is 0. The Morgan fingerprint density at radius 2 is 1.76 bits per heavy atom. The minimum Gasteiger partial charge on any atom is -0.388 e. The highest BCUT2D eigenvalue weighted by molar-refractivity contribution is 6.30. The van der Waals surface area contributed by atoms with Crippen molar-refractivity contribution >= 4 is 17.3 Å². The quantitative estimate of drug-likeness (QED) is 0.842. The predicted molar refractivity (Wildman–Crippen MR) is 90.0 cm³/mol. The highest BCUT2D eigenvalue weighted by Gasteiger charge is 2.13. The van der Waals surface area contributed by atoms with Gasteiger partial charge in [0.05, 0.1) is 12.1 Å². The van der Waals surface area contributed by atoms with Crippen LogP contribution < -0.4 is 4.90 Å². The lowest BCUT2D eigenvalue weighted by atomic mass is 10.0. The summed E-state index contributed by atoms with van der Waals surface area (Å²) >= 11 is 6.06. The van der Waals surface area contributed by atoms with Crippen molar-refractivity contribution in [1.82, 2.24) is 0 Å². The number of aliphatic hydroxyl groups excluding tert-OH is 1. The maximum Gasteiger partial charge on any atom is 0.0787 e. The van der Waals surface area contributed by atoms with Crippen molar-refractivity contribution in [3.63, 3.8) is 0 Å². The molecule has 21 heavy (non-hydrogen) atoms. The summed E-state index contributed by atoms with van der Waals surface area (Å²) in [5.41, 5.74) is 3.27. The molecule has 0 fully saturated rings. The average molecular weight is 304 g/mol. The number of benzene rings is 2. The van der Waals surface area contributed by atoms with Crippen LogP contribution in [0.25, 0.3) is 0 Å². The molecule has 0 aromatic heterocycles. The van der Waals surface area contributed by atoms with Gasteiger partial charge < -0.3 is 10.0 Å². The van der Waals surface area contributed by atoms with Gasteiger partial charge in [0.25, 0.3) is 0 Å². The van der Waals surface area contributed by atoms with Gasteiger partial charge in [0.15, 0.2) is 0 Å². The Labute approximate surface area is 132 Å². The third-order valence-corrected chi connectivity index (χ3v) is 4.22. The summed E-state index contributed by atoms with van der Waals surface area (Å²) in [6.07, 6.45) is 0.350. The lowest BCUT2D eigenvalue weighted by Crippen LogP contribution is -2.21. The zero-order valence-corrected chi connectivity index (χ0v) is 13.5. The molecule has 0 saturated heterocycles. The fraction of sp³-hybridized carbons (Fsp3) is 0.333. The van der Waals surface area contributed by atoms with Crippen LogP contribution in [0.5, 0.6) is 0 Å². The highest BCUT2D eigenvalue weighted by atomic mass is 35.5. The first-order valence-electron chi connectivity index (χ1n) is 7.29. The van der Waals surface area contributed by atoms with Gasteiger partial charge in [-0.25, -0.2) is 0 Å². The summed E-state index contributed by atoms with van der Waals surface area (Å²) in [4.78, 5) is 2.20. The van der Waals surface area contributed by atoms with Crippen molar-refractivity contribution in [3.05, 3.63) is 64.7 Å². The van der Waals surface area contributed by atoms with Crippen LogP contribution in [0.15, 0.2) is 48.5 Å². The van der Waals surface area contributed by atoms with Crippen molar-refractivity contribution in [2.24, 2.45) is 0 Å². The monoisotopic (exact) mass is 303 g/mol. The fourth-order valence-corrected chi connectivity index (χ4v) is 2.58. The van der Waals surface area contributed by atoms with E-state index >= 15 is 0 Å². The molecular formula is C18H22ClNO. The normalized spacial score (nSPS) is 13.8. The van der Waals surface area contributed by atoms with Crippen LogP contribution >= 0.6 is 11.6 Å². The molecule has 2 aromatic rings. The molecule has 2 atom stereocenters. The first-order valence-corrected chi connectivity index (χ1v) is 7.67. The second-order valence-electron chi connectivity index (χ2n) is 5.36. The van der Waals surface area contributed by atoms with Gasteiger partial charge in [-0.3, -0.25) is 0 Å². The molecule has 2 rings (SSSR count). The zero-order chi connectivity index (χ0) is 15.4. The molecule has 0 aliphatic carbocycles. The van der Waals surface area contributed by atoms with E-state index in [0.29, 0.717) is 0 Å². The van der Waals surface area contributed by atoms with E-state index in [1.807, 2.05) is 37.3 Å². The molecule has 0 aliphatic heterocycles. The molecule has 112 valence electrons. The molecule has 0 radical (unpaired) electrons. The van der Waals surface area contributed by atoms with Gasteiger partial charge >= 0.3 is 0 Å². The fourth-order valence-electron chi connectivity index (χ4n) is 2.38. The standard InChI is InChI=1S/C18H22ClNO/c1-4-18(21)14-8-10-17(11-9-14)20(3)13(2)15-6-5-7-16(19)12-15/h5-13,18,21H,4H2,1-3H3. The van der Waals surface area contributed by atoms with Gasteiger partial charge in [-0.2, -0.15) is 0 Å². The van der Waals surface area contributed by atoms with Gasteiger partial charge in [-0.15, -0.1) is 0 Å². The SMILES string of the molecule is CCC(O)c1ccc(N(C)C(C)c2cccc(Cl)c2)cc1. The number of rotatable bonds is 5. The first-order chi connectivity index (χ1) is 10.0. The number of halogens is 1. The Morgan fingerprint density at radius 1 is 1.10 bits per heavy atom. The molecule has 2 unspecified atom stereocenters. The molecule has 0 heterocycles. The van der Waals surface area contributed by atoms with E-state index in [1.54, 1.807) is 0 Å². The van der Waals surface area contributed by atoms with Crippen LogP contribution in [0, 0.1) is 0 Å². The van der Waals surface area contributed by atoms with Crippen LogP contribution in [0.1, 0.15) is 43.5 Å². The summed E-state index contributed by atoms with van der Waals surface area (Å²) in [6, 6.07) is 16.3. The van der Waals surface area contributed by atoms with Crippen molar-refractivity contribution in [2.75, 3.05) is 11.9 Å². The summed E-state index contributed by atoms with van der Waals surface area (Å²) in [7, 11) is 2.07. The van der Waals surface area contributed by atoms with Gasteiger partial charge in [0, 0.05) is 17.8 Å².